The van der Waals surface area contributed by atoms with Crippen LogP contribution in [0.25, 0.3) is 16.7 Å². The minimum absolute atomic E-state index is 0.0247. The summed E-state index contributed by atoms with van der Waals surface area (Å²) in [6.07, 6.45) is 2.29. The monoisotopic (exact) mass is 540 g/mol. The van der Waals surface area contributed by atoms with E-state index in [1.54, 1.807) is 18.2 Å². The van der Waals surface area contributed by atoms with Crippen LogP contribution in [-0.4, -0.2) is 74.5 Å². The van der Waals surface area contributed by atoms with Gasteiger partial charge < -0.3 is 24.9 Å². The van der Waals surface area contributed by atoms with Crippen LogP contribution in [0.5, 0.6) is 5.75 Å². The highest BCUT2D eigenvalue weighted by atomic mass is 35.5. The minimum atomic E-state index is -0.964. The molecule has 1 amide bonds. The lowest BCUT2D eigenvalue weighted by Gasteiger charge is -2.39. The fourth-order valence-corrected chi connectivity index (χ4v) is 5.78. The Labute approximate surface area is 226 Å². The summed E-state index contributed by atoms with van der Waals surface area (Å²) in [6, 6.07) is 6.57. The van der Waals surface area contributed by atoms with Crippen LogP contribution in [0.4, 0.5) is 16.4 Å². The van der Waals surface area contributed by atoms with Crippen LogP contribution in [0.3, 0.4) is 0 Å². The summed E-state index contributed by atoms with van der Waals surface area (Å²) in [5.74, 6) is 1.23. The van der Waals surface area contributed by atoms with Crippen LogP contribution in [-0.2, 0) is 0 Å². The molecular weight excluding hydrogens is 508 g/mol. The molecular formula is C27H33ClN6O4. The Kier molecular flexibility index (Phi) is 7.09. The van der Waals surface area contributed by atoms with Gasteiger partial charge in [0, 0.05) is 38.8 Å². The predicted molar refractivity (Wildman–Crippen MR) is 148 cm³/mol. The number of nitrogens with zero attached hydrogens (tertiary/aromatic N) is 6. The number of hydrogen-bond donors (Lipinski definition) is 2. The van der Waals surface area contributed by atoms with Crippen LogP contribution in [0.15, 0.2) is 29.1 Å². The van der Waals surface area contributed by atoms with Crippen LogP contribution in [0, 0.1) is 0 Å². The number of halogens is 1. The highest BCUT2D eigenvalue weighted by molar-refractivity contribution is 6.33. The molecule has 2 aliphatic rings. The average Bonchev–Trinajstić information content (AvgIpc) is 2.89. The maximum Gasteiger partial charge on any atom is 0.407 e. The number of aromatic nitrogens is 3. The SMILES string of the molecule is CC(C)c1cc(O)ccc1-n1c(=O)nc(N2CCN(C(=O)O)CC2C)c2cc(Cl)c(N3CCCCC3)nc21. The molecule has 2 N–H and O–H groups in total. The van der Waals surface area contributed by atoms with E-state index in [4.69, 9.17) is 16.6 Å². The lowest BCUT2D eigenvalue weighted by atomic mass is 10.0. The number of carbonyl (C=O) groups is 1. The number of hydrogen-bond acceptors (Lipinski definition) is 7. The van der Waals surface area contributed by atoms with E-state index in [0.717, 1.165) is 37.9 Å². The quantitative estimate of drug-likeness (QED) is 0.499. The Morgan fingerprint density at radius 2 is 1.79 bits per heavy atom. The van der Waals surface area contributed by atoms with Gasteiger partial charge in [-0.2, -0.15) is 4.98 Å². The fourth-order valence-electron chi connectivity index (χ4n) is 5.51. The molecule has 10 nitrogen and oxygen atoms in total. The number of piperidine rings is 1. The van der Waals surface area contributed by atoms with Gasteiger partial charge in [-0.3, -0.25) is 0 Å². The van der Waals surface area contributed by atoms with Crippen molar-refractivity contribution in [2.24, 2.45) is 0 Å². The second kappa shape index (κ2) is 10.3. The van der Waals surface area contributed by atoms with Gasteiger partial charge in [-0.15, -0.1) is 0 Å². The Bertz CT molecular complexity index is 1440. The van der Waals surface area contributed by atoms with E-state index in [9.17, 15) is 19.8 Å². The van der Waals surface area contributed by atoms with Gasteiger partial charge in [0.05, 0.1) is 16.1 Å². The Morgan fingerprint density at radius 1 is 1.05 bits per heavy atom. The number of carboxylic acid groups (broad SMARTS) is 1. The second-order valence-electron chi connectivity index (χ2n) is 10.4. The molecule has 5 rings (SSSR count). The summed E-state index contributed by atoms with van der Waals surface area (Å²) in [5, 5.41) is 20.7. The van der Waals surface area contributed by atoms with Gasteiger partial charge in [-0.05, 0) is 61.9 Å². The molecule has 1 aromatic carbocycles. The number of benzene rings is 1. The number of amides is 1. The van der Waals surface area contributed by atoms with Crippen molar-refractivity contribution in [3.8, 4) is 11.4 Å². The average molecular weight is 541 g/mol. The van der Waals surface area contributed by atoms with Crippen molar-refractivity contribution in [1.82, 2.24) is 19.4 Å². The number of piperazine rings is 1. The highest BCUT2D eigenvalue weighted by Gasteiger charge is 2.31. The summed E-state index contributed by atoms with van der Waals surface area (Å²) in [6.45, 7) is 8.58. The van der Waals surface area contributed by atoms with Crippen molar-refractivity contribution in [2.45, 2.75) is 52.0 Å². The lowest BCUT2D eigenvalue weighted by molar-refractivity contribution is 0.136. The third-order valence-electron chi connectivity index (χ3n) is 7.48. The van der Waals surface area contributed by atoms with E-state index in [1.165, 1.54) is 9.47 Å². The van der Waals surface area contributed by atoms with Gasteiger partial charge in [0.15, 0.2) is 5.65 Å². The highest BCUT2D eigenvalue weighted by Crippen LogP contribution is 2.36. The smallest absolute Gasteiger partial charge is 0.407 e. The fraction of sp³-hybridized carbons (Fsp3) is 0.481. The van der Waals surface area contributed by atoms with Gasteiger partial charge >= 0.3 is 11.8 Å². The van der Waals surface area contributed by atoms with E-state index in [0.29, 0.717) is 53.0 Å². The van der Waals surface area contributed by atoms with E-state index in [2.05, 4.69) is 9.88 Å². The normalized spacial score (nSPS) is 18.4. The lowest BCUT2D eigenvalue weighted by Crippen LogP contribution is -2.54. The molecule has 3 aromatic rings. The number of fused-ring (bicyclic) bond motifs is 1. The van der Waals surface area contributed by atoms with E-state index in [-0.39, 0.29) is 17.7 Å². The van der Waals surface area contributed by atoms with Crippen molar-refractivity contribution in [3.05, 3.63) is 45.3 Å². The molecule has 2 aromatic heterocycles. The molecule has 2 saturated heterocycles. The molecule has 1 unspecified atom stereocenters. The molecule has 2 aliphatic heterocycles. The first-order valence-corrected chi connectivity index (χ1v) is 13.5. The number of rotatable bonds is 4. The maximum atomic E-state index is 13.8. The zero-order chi connectivity index (χ0) is 27.1. The van der Waals surface area contributed by atoms with Crippen molar-refractivity contribution >= 4 is 40.4 Å². The van der Waals surface area contributed by atoms with Crippen molar-refractivity contribution < 1.29 is 15.0 Å². The van der Waals surface area contributed by atoms with Crippen molar-refractivity contribution in [2.75, 3.05) is 42.5 Å². The molecule has 0 bridgehead atoms. The topological polar surface area (TPSA) is 115 Å². The van der Waals surface area contributed by atoms with Crippen molar-refractivity contribution in [3.63, 3.8) is 0 Å². The van der Waals surface area contributed by atoms with E-state index < -0.39 is 11.8 Å². The summed E-state index contributed by atoms with van der Waals surface area (Å²) in [5.41, 5.74) is 1.34. The zero-order valence-electron chi connectivity index (χ0n) is 21.9. The first-order chi connectivity index (χ1) is 18.2. The molecule has 38 heavy (non-hydrogen) atoms. The van der Waals surface area contributed by atoms with Crippen LogP contribution < -0.4 is 15.5 Å². The van der Waals surface area contributed by atoms with Gasteiger partial charge in [-0.1, -0.05) is 25.4 Å². The van der Waals surface area contributed by atoms with Gasteiger partial charge in [0.1, 0.15) is 17.4 Å². The molecule has 0 spiro atoms. The summed E-state index contributed by atoms with van der Waals surface area (Å²) < 4.78 is 1.51. The Hall–Kier alpha value is -3.53. The van der Waals surface area contributed by atoms with E-state index >= 15 is 0 Å². The van der Waals surface area contributed by atoms with Crippen molar-refractivity contribution in [1.29, 1.82) is 0 Å². The number of phenolic OH excluding ortho intramolecular Hbond substituents is 1. The van der Waals surface area contributed by atoms with Gasteiger partial charge in [0.2, 0.25) is 0 Å². The number of phenols is 1. The molecule has 0 radical (unpaired) electrons. The first-order valence-electron chi connectivity index (χ1n) is 13.1. The van der Waals surface area contributed by atoms with Crippen LogP contribution in [0.1, 0.15) is 51.5 Å². The standard InChI is InChI=1S/C27H33ClN6O4/c1-16(2)19-13-18(35)7-8-22(19)34-24-20(14-21(28)25(29-24)31-9-5-4-6-10-31)23(30-26(34)36)33-12-11-32(27(37)38)15-17(33)3/h7-8,13-14,16-17,35H,4-6,9-12,15H2,1-3H3,(H,37,38). The van der Waals surface area contributed by atoms with Crippen LogP contribution in [0.2, 0.25) is 5.02 Å². The largest absolute Gasteiger partial charge is 0.508 e. The minimum Gasteiger partial charge on any atom is -0.508 e. The molecule has 202 valence electrons. The Morgan fingerprint density at radius 3 is 2.45 bits per heavy atom. The molecule has 2 fully saturated rings. The summed E-state index contributed by atoms with van der Waals surface area (Å²) >= 11 is 6.83. The third kappa shape index (κ3) is 4.73. The second-order valence-corrected chi connectivity index (χ2v) is 10.8. The molecule has 11 heteroatoms. The predicted octanol–water partition coefficient (Wildman–Crippen LogP) is 4.44. The molecule has 1 atom stereocenters. The molecule has 4 heterocycles. The summed E-state index contributed by atoms with van der Waals surface area (Å²) in [4.78, 5) is 40.3. The summed E-state index contributed by atoms with van der Waals surface area (Å²) in [7, 11) is 0. The first kappa shape index (κ1) is 26.1. The zero-order valence-corrected chi connectivity index (χ0v) is 22.6. The molecule has 0 aliphatic carbocycles. The number of aromatic hydroxyl groups is 1. The number of pyridine rings is 1. The van der Waals surface area contributed by atoms with Gasteiger partial charge in [-0.25, -0.2) is 19.1 Å². The van der Waals surface area contributed by atoms with Crippen LogP contribution >= 0.6 is 11.6 Å². The number of anilines is 2. The van der Waals surface area contributed by atoms with E-state index in [1.807, 2.05) is 31.7 Å². The van der Waals surface area contributed by atoms with Gasteiger partial charge in [0.25, 0.3) is 0 Å². The Balaban J connectivity index is 1.75. The molecule has 0 saturated carbocycles. The third-order valence-corrected chi connectivity index (χ3v) is 7.76. The maximum absolute atomic E-state index is 13.8.